The quantitative estimate of drug-likeness (QED) is 0.340. The van der Waals surface area contributed by atoms with Crippen molar-refractivity contribution in [2.45, 2.75) is 110 Å². The first-order chi connectivity index (χ1) is 19.6. The molecule has 0 amide bonds. The molecule has 2 saturated heterocycles. The highest BCUT2D eigenvalue weighted by Crippen LogP contribution is 2.71. The molecule has 0 radical (unpaired) electrons. The fourth-order valence-corrected chi connectivity index (χ4v) is 8.38. The minimum Gasteiger partial charge on any atom is -0.472 e. The van der Waals surface area contributed by atoms with Crippen LogP contribution >= 0.6 is 0 Å². The molecule has 0 aromatic carbocycles. The van der Waals surface area contributed by atoms with Crippen molar-refractivity contribution in [3.8, 4) is 0 Å². The molecule has 2 saturated carbocycles. The Morgan fingerprint density at radius 3 is 2.31 bits per heavy atom. The predicted molar refractivity (Wildman–Crippen MR) is 142 cm³/mol. The summed E-state index contributed by atoms with van der Waals surface area (Å²) in [5, 5.41) is 11.8. The third-order valence-corrected chi connectivity index (χ3v) is 10.5. The largest absolute Gasteiger partial charge is 0.472 e. The summed E-state index contributed by atoms with van der Waals surface area (Å²) >= 11 is 0. The van der Waals surface area contributed by atoms with Crippen molar-refractivity contribution in [2.75, 3.05) is 13.2 Å². The van der Waals surface area contributed by atoms with Crippen LogP contribution in [0.15, 0.2) is 12.3 Å². The van der Waals surface area contributed by atoms with Crippen molar-refractivity contribution in [3.05, 3.63) is 12.3 Å². The number of hydrogen-bond acceptors (Lipinski definition) is 12. The smallest absolute Gasteiger partial charge is 0.350 e. The first-order valence-electron chi connectivity index (χ1n) is 14.6. The lowest BCUT2D eigenvalue weighted by molar-refractivity contribution is -0.417. The van der Waals surface area contributed by atoms with Gasteiger partial charge in [-0.2, -0.15) is 0 Å². The lowest BCUT2D eigenvalue weighted by Gasteiger charge is -2.74. The van der Waals surface area contributed by atoms with Gasteiger partial charge in [-0.15, -0.1) is 0 Å². The summed E-state index contributed by atoms with van der Waals surface area (Å²) in [5.74, 6) is -2.95. The second kappa shape index (κ2) is 10.5. The molecular formula is C30H42O12. The van der Waals surface area contributed by atoms with Gasteiger partial charge < -0.3 is 38.3 Å². The minimum absolute atomic E-state index is 0.0218. The molecule has 1 spiro atoms. The zero-order valence-electron chi connectivity index (χ0n) is 25.2. The highest BCUT2D eigenvalue weighted by atomic mass is 16.7. The molecule has 3 heterocycles. The van der Waals surface area contributed by atoms with Gasteiger partial charge in [0.1, 0.15) is 12.7 Å². The van der Waals surface area contributed by atoms with Crippen molar-refractivity contribution in [1.82, 2.24) is 0 Å². The molecule has 0 aromatic heterocycles. The molecule has 0 aromatic rings. The Balaban J connectivity index is 1.60. The summed E-state index contributed by atoms with van der Waals surface area (Å²) < 4.78 is 41.1. The average Bonchev–Trinajstić information content (AvgIpc) is 3.47. The average molecular weight is 595 g/mol. The molecule has 234 valence electrons. The van der Waals surface area contributed by atoms with Gasteiger partial charge in [0.25, 0.3) is 0 Å². The second-order valence-electron chi connectivity index (χ2n) is 13.2. The lowest BCUT2D eigenvalue weighted by Crippen LogP contribution is -2.85. The van der Waals surface area contributed by atoms with Crippen LogP contribution in [0.1, 0.15) is 67.7 Å². The van der Waals surface area contributed by atoms with E-state index >= 15 is 0 Å². The molecule has 5 aliphatic rings. The molecule has 42 heavy (non-hydrogen) atoms. The summed E-state index contributed by atoms with van der Waals surface area (Å²) in [6, 6.07) is 0. The fraction of sp³-hybridized carbons (Fsp3) is 0.800. The van der Waals surface area contributed by atoms with Crippen LogP contribution in [0, 0.1) is 28.6 Å². The maximum atomic E-state index is 13.4. The zero-order valence-corrected chi connectivity index (χ0v) is 25.2. The normalized spacial score (nSPS) is 43.5. The van der Waals surface area contributed by atoms with Gasteiger partial charge >= 0.3 is 23.9 Å². The van der Waals surface area contributed by atoms with Crippen molar-refractivity contribution in [1.29, 1.82) is 0 Å². The second-order valence-corrected chi connectivity index (χ2v) is 13.2. The van der Waals surface area contributed by atoms with Gasteiger partial charge in [-0.05, 0) is 51.0 Å². The SMILES string of the molecule is CC(=O)OC[C@]12OC[C@@]13C(OC(C)=O)C[C@H](C)[C@@](C)(C1C[C@H]4C=COC4O1)[C@@H]3CC(O)C2OC(=O)C(C)(C)OC(C)=O. The Morgan fingerprint density at radius 1 is 1.02 bits per heavy atom. The summed E-state index contributed by atoms with van der Waals surface area (Å²) in [6.45, 7) is 10.5. The molecule has 1 N–H and O–H groups in total. The van der Waals surface area contributed by atoms with E-state index in [-0.39, 0.29) is 43.5 Å². The number of esters is 4. The van der Waals surface area contributed by atoms with E-state index in [1.54, 1.807) is 6.26 Å². The molecule has 4 fully saturated rings. The summed E-state index contributed by atoms with van der Waals surface area (Å²) in [5.41, 5.74) is -4.80. The van der Waals surface area contributed by atoms with Crippen LogP contribution < -0.4 is 0 Å². The number of fused-ring (bicyclic) bond motifs is 1. The van der Waals surface area contributed by atoms with Crippen LogP contribution in [-0.2, 0) is 52.3 Å². The Kier molecular flexibility index (Phi) is 7.67. The van der Waals surface area contributed by atoms with Crippen molar-refractivity contribution < 1.29 is 57.4 Å². The van der Waals surface area contributed by atoms with Gasteiger partial charge in [-0.1, -0.05) is 13.8 Å². The van der Waals surface area contributed by atoms with Gasteiger partial charge in [-0.3, -0.25) is 14.4 Å². The van der Waals surface area contributed by atoms with Gasteiger partial charge in [0, 0.05) is 32.1 Å². The van der Waals surface area contributed by atoms with E-state index in [0.717, 1.165) is 0 Å². The summed E-state index contributed by atoms with van der Waals surface area (Å²) in [4.78, 5) is 49.7. The molecule has 0 bridgehead atoms. The van der Waals surface area contributed by atoms with E-state index < -0.39 is 70.5 Å². The monoisotopic (exact) mass is 594 g/mol. The predicted octanol–water partition coefficient (Wildman–Crippen LogP) is 2.19. The number of carbonyl (C=O) groups is 4. The standard InChI is InChI=1S/C30H42O12/c1-15-10-23(39-17(3)32)29-13-38-30(29,14-37-16(2)31)24(41-26(35)27(5,6)42-18(4)33)20(34)12-21(29)28(15,7)22-11-19-8-9-36-25(19)40-22/h8-9,15,19-25,34H,10-14H2,1-7H3/t15-,19+,20?,21-,22?,23?,24?,25?,28+,29+,30+/m0/s1. The Bertz CT molecular complexity index is 1160. The van der Waals surface area contributed by atoms with Crippen LogP contribution in [0.5, 0.6) is 0 Å². The van der Waals surface area contributed by atoms with Gasteiger partial charge in [0.2, 0.25) is 11.9 Å². The molecule has 11 atom stereocenters. The number of carbonyl (C=O) groups excluding carboxylic acids is 4. The molecule has 2 aliphatic carbocycles. The molecule has 3 aliphatic heterocycles. The third-order valence-electron chi connectivity index (χ3n) is 10.5. The first kappa shape index (κ1) is 30.7. The molecule has 5 rings (SSSR count). The van der Waals surface area contributed by atoms with Crippen molar-refractivity contribution >= 4 is 23.9 Å². The Labute approximate surface area is 245 Å². The van der Waals surface area contributed by atoms with E-state index in [0.29, 0.717) is 12.8 Å². The van der Waals surface area contributed by atoms with Crippen LogP contribution in [0.2, 0.25) is 0 Å². The summed E-state index contributed by atoms with van der Waals surface area (Å²) in [6.07, 6.45) is 1.04. The molecule has 12 nitrogen and oxygen atoms in total. The minimum atomic E-state index is -1.67. The Hall–Kier alpha value is -2.70. The highest BCUT2D eigenvalue weighted by molar-refractivity contribution is 5.82. The maximum absolute atomic E-state index is 13.4. The van der Waals surface area contributed by atoms with Crippen molar-refractivity contribution in [2.24, 2.45) is 28.6 Å². The third kappa shape index (κ3) is 4.52. The topological polar surface area (TPSA) is 153 Å². The first-order valence-corrected chi connectivity index (χ1v) is 14.6. The van der Waals surface area contributed by atoms with Crippen molar-refractivity contribution in [3.63, 3.8) is 0 Å². The van der Waals surface area contributed by atoms with E-state index in [9.17, 15) is 24.3 Å². The number of hydrogen-bond donors (Lipinski definition) is 1. The molecule has 5 unspecified atom stereocenters. The fourth-order valence-electron chi connectivity index (χ4n) is 8.38. The Morgan fingerprint density at radius 2 is 1.74 bits per heavy atom. The zero-order chi connectivity index (χ0) is 30.8. The highest BCUT2D eigenvalue weighted by Gasteiger charge is 2.81. The van der Waals surface area contributed by atoms with Gasteiger partial charge in [0.05, 0.1) is 30.5 Å². The van der Waals surface area contributed by atoms with E-state index in [1.807, 2.05) is 6.08 Å². The molecular weight excluding hydrogens is 552 g/mol. The number of rotatable bonds is 7. The van der Waals surface area contributed by atoms with Crippen LogP contribution in [0.3, 0.4) is 0 Å². The van der Waals surface area contributed by atoms with E-state index in [1.165, 1.54) is 34.6 Å². The number of aliphatic hydroxyl groups is 1. The van der Waals surface area contributed by atoms with Crippen LogP contribution in [0.4, 0.5) is 0 Å². The van der Waals surface area contributed by atoms with E-state index in [4.69, 9.17) is 33.2 Å². The van der Waals surface area contributed by atoms with E-state index in [2.05, 4.69) is 13.8 Å². The lowest BCUT2D eigenvalue weighted by atomic mass is 9.38. The maximum Gasteiger partial charge on any atom is 0.350 e. The number of ether oxygens (including phenoxy) is 7. The van der Waals surface area contributed by atoms with Crippen LogP contribution in [-0.4, -0.2) is 84.1 Å². The number of aliphatic hydroxyl groups excluding tert-OH is 1. The van der Waals surface area contributed by atoms with Gasteiger partial charge in [0.15, 0.2) is 11.7 Å². The molecule has 12 heteroatoms. The van der Waals surface area contributed by atoms with Gasteiger partial charge in [-0.25, -0.2) is 4.79 Å². The van der Waals surface area contributed by atoms with Crippen LogP contribution in [0.25, 0.3) is 0 Å². The summed E-state index contributed by atoms with van der Waals surface area (Å²) in [7, 11) is 0.